The van der Waals surface area contributed by atoms with Crippen LogP contribution in [0.2, 0.25) is 0 Å². The molecule has 5 heteroatoms. The van der Waals surface area contributed by atoms with E-state index in [1.54, 1.807) is 4.31 Å². The zero-order valence-corrected chi connectivity index (χ0v) is 13.7. The lowest BCUT2D eigenvalue weighted by atomic mass is 9.80. The van der Waals surface area contributed by atoms with Crippen molar-refractivity contribution in [2.24, 2.45) is 11.3 Å². The summed E-state index contributed by atoms with van der Waals surface area (Å²) in [4.78, 5) is 0. The van der Waals surface area contributed by atoms with E-state index in [9.17, 15) is 8.42 Å². The molecule has 19 heavy (non-hydrogen) atoms. The molecule has 1 unspecified atom stereocenters. The molecule has 0 aromatic rings. The molecule has 0 aromatic heterocycles. The van der Waals surface area contributed by atoms with Gasteiger partial charge in [-0.3, -0.25) is 0 Å². The monoisotopic (exact) mass is 290 g/mol. The minimum atomic E-state index is -3.02. The molecule has 1 fully saturated rings. The Bertz CT molecular complexity index is 366. The first-order valence-electron chi connectivity index (χ1n) is 7.40. The molecule has 1 N–H and O–H groups in total. The third kappa shape index (κ3) is 6.23. The van der Waals surface area contributed by atoms with Crippen LogP contribution in [0.5, 0.6) is 0 Å². The predicted octanol–water partition coefficient (Wildman–Crippen LogP) is 2.07. The first-order valence-corrected chi connectivity index (χ1v) is 9.25. The molecule has 0 spiro atoms. The van der Waals surface area contributed by atoms with Gasteiger partial charge in [-0.15, -0.1) is 0 Å². The van der Waals surface area contributed by atoms with Gasteiger partial charge in [-0.25, -0.2) is 12.7 Å². The van der Waals surface area contributed by atoms with Crippen molar-refractivity contribution in [3.05, 3.63) is 0 Å². The zero-order valence-electron chi connectivity index (χ0n) is 12.9. The summed E-state index contributed by atoms with van der Waals surface area (Å²) in [5.74, 6) is 0.502. The SMILES string of the molecule is CCCNCC(C)(C)CC1CCCN(S(C)(=O)=O)C1. The molecule has 1 heterocycles. The van der Waals surface area contributed by atoms with Crippen molar-refractivity contribution in [3.63, 3.8) is 0 Å². The van der Waals surface area contributed by atoms with Crippen LogP contribution in [0.4, 0.5) is 0 Å². The van der Waals surface area contributed by atoms with E-state index >= 15 is 0 Å². The number of nitrogens with one attached hydrogen (secondary N) is 1. The van der Waals surface area contributed by atoms with Crippen molar-refractivity contribution >= 4 is 10.0 Å². The lowest BCUT2D eigenvalue weighted by molar-refractivity contribution is 0.186. The summed E-state index contributed by atoms with van der Waals surface area (Å²) in [6, 6.07) is 0. The second-order valence-corrected chi connectivity index (χ2v) is 8.66. The minimum absolute atomic E-state index is 0.236. The van der Waals surface area contributed by atoms with Gasteiger partial charge in [0.1, 0.15) is 0 Å². The maximum Gasteiger partial charge on any atom is 0.211 e. The summed E-state index contributed by atoms with van der Waals surface area (Å²) in [5, 5.41) is 3.47. The van der Waals surface area contributed by atoms with Gasteiger partial charge >= 0.3 is 0 Å². The van der Waals surface area contributed by atoms with Crippen LogP contribution in [0.1, 0.15) is 46.5 Å². The van der Waals surface area contributed by atoms with Gasteiger partial charge < -0.3 is 5.32 Å². The molecule has 1 aliphatic heterocycles. The fourth-order valence-electron chi connectivity index (χ4n) is 2.95. The van der Waals surface area contributed by atoms with Crippen LogP contribution in [-0.4, -0.2) is 45.2 Å². The second-order valence-electron chi connectivity index (χ2n) is 6.67. The molecule has 0 radical (unpaired) electrons. The van der Waals surface area contributed by atoms with Crippen molar-refractivity contribution in [2.45, 2.75) is 46.5 Å². The zero-order chi connectivity index (χ0) is 14.5. The Balaban J connectivity index is 2.47. The van der Waals surface area contributed by atoms with E-state index in [0.29, 0.717) is 19.0 Å². The normalized spacial score (nSPS) is 22.6. The predicted molar refractivity (Wildman–Crippen MR) is 80.7 cm³/mol. The van der Waals surface area contributed by atoms with Gasteiger partial charge in [0.15, 0.2) is 0 Å². The van der Waals surface area contributed by atoms with Crippen LogP contribution >= 0.6 is 0 Å². The number of hydrogen-bond donors (Lipinski definition) is 1. The lowest BCUT2D eigenvalue weighted by Crippen LogP contribution is -2.41. The van der Waals surface area contributed by atoms with Crippen molar-refractivity contribution in [1.29, 1.82) is 0 Å². The maximum atomic E-state index is 11.6. The average Bonchev–Trinajstić information content (AvgIpc) is 2.27. The molecule has 0 aromatic carbocycles. The van der Waals surface area contributed by atoms with E-state index in [1.807, 2.05) is 0 Å². The molecular weight excluding hydrogens is 260 g/mol. The van der Waals surface area contributed by atoms with Crippen LogP contribution in [0, 0.1) is 11.3 Å². The van der Waals surface area contributed by atoms with Gasteiger partial charge in [-0.2, -0.15) is 0 Å². The van der Waals surface area contributed by atoms with Gasteiger partial charge in [0, 0.05) is 19.6 Å². The quantitative estimate of drug-likeness (QED) is 0.730. The highest BCUT2D eigenvalue weighted by Crippen LogP contribution is 2.30. The molecule has 1 aliphatic rings. The van der Waals surface area contributed by atoms with Crippen LogP contribution < -0.4 is 5.32 Å². The van der Waals surface area contributed by atoms with Crippen molar-refractivity contribution < 1.29 is 8.42 Å². The van der Waals surface area contributed by atoms with Crippen molar-refractivity contribution in [1.82, 2.24) is 9.62 Å². The maximum absolute atomic E-state index is 11.6. The standard InChI is InChI=1S/C14H30N2O2S/c1-5-8-15-12-14(2,3)10-13-7-6-9-16(11-13)19(4,17)18/h13,15H,5-12H2,1-4H3. The first kappa shape index (κ1) is 16.9. The third-order valence-electron chi connectivity index (χ3n) is 3.82. The topological polar surface area (TPSA) is 49.4 Å². The molecule has 0 bridgehead atoms. The lowest BCUT2D eigenvalue weighted by Gasteiger charge is -2.36. The van der Waals surface area contributed by atoms with Gasteiger partial charge in [0.2, 0.25) is 10.0 Å². The molecule has 4 nitrogen and oxygen atoms in total. The van der Waals surface area contributed by atoms with E-state index in [-0.39, 0.29) is 5.41 Å². The number of rotatable bonds is 7. The molecule has 114 valence electrons. The summed E-state index contributed by atoms with van der Waals surface area (Å²) >= 11 is 0. The Morgan fingerprint density at radius 2 is 2.05 bits per heavy atom. The number of piperidine rings is 1. The van der Waals surface area contributed by atoms with Crippen LogP contribution in [0.25, 0.3) is 0 Å². The van der Waals surface area contributed by atoms with E-state index in [0.717, 1.165) is 38.8 Å². The Morgan fingerprint density at radius 3 is 2.63 bits per heavy atom. The second kappa shape index (κ2) is 7.04. The van der Waals surface area contributed by atoms with E-state index in [4.69, 9.17) is 0 Å². The minimum Gasteiger partial charge on any atom is -0.316 e. The summed E-state index contributed by atoms with van der Waals surface area (Å²) in [5.41, 5.74) is 0.236. The first-order chi connectivity index (χ1) is 8.74. The Kier molecular flexibility index (Phi) is 6.27. The molecule has 0 saturated carbocycles. The van der Waals surface area contributed by atoms with Gasteiger partial charge in [-0.1, -0.05) is 20.8 Å². The van der Waals surface area contributed by atoms with Crippen LogP contribution in [-0.2, 0) is 10.0 Å². The molecule has 1 atom stereocenters. The van der Waals surface area contributed by atoms with Crippen molar-refractivity contribution in [3.8, 4) is 0 Å². The molecular formula is C14H30N2O2S. The number of nitrogens with zero attached hydrogens (tertiary/aromatic N) is 1. The highest BCUT2D eigenvalue weighted by molar-refractivity contribution is 7.88. The summed E-state index contributed by atoms with van der Waals surface area (Å²) < 4.78 is 24.9. The summed E-state index contributed by atoms with van der Waals surface area (Å²) in [6.07, 6.45) is 5.72. The Labute approximate surface area is 119 Å². The van der Waals surface area contributed by atoms with Gasteiger partial charge in [0.25, 0.3) is 0 Å². The van der Waals surface area contributed by atoms with Crippen LogP contribution in [0.15, 0.2) is 0 Å². The fourth-order valence-corrected chi connectivity index (χ4v) is 3.89. The average molecular weight is 290 g/mol. The molecule has 1 rings (SSSR count). The summed E-state index contributed by atoms with van der Waals surface area (Å²) in [6.45, 7) is 10.2. The highest BCUT2D eigenvalue weighted by Gasteiger charge is 2.30. The highest BCUT2D eigenvalue weighted by atomic mass is 32.2. The summed E-state index contributed by atoms with van der Waals surface area (Å²) in [7, 11) is -3.02. The third-order valence-corrected chi connectivity index (χ3v) is 5.09. The van der Waals surface area contributed by atoms with Crippen LogP contribution in [0.3, 0.4) is 0 Å². The smallest absolute Gasteiger partial charge is 0.211 e. The molecule has 0 aliphatic carbocycles. The number of hydrogen-bond acceptors (Lipinski definition) is 3. The Hall–Kier alpha value is -0.130. The molecule has 1 saturated heterocycles. The van der Waals surface area contributed by atoms with E-state index in [1.165, 1.54) is 6.26 Å². The van der Waals surface area contributed by atoms with E-state index in [2.05, 4.69) is 26.1 Å². The fraction of sp³-hybridized carbons (Fsp3) is 1.00. The van der Waals surface area contributed by atoms with Gasteiger partial charge in [0.05, 0.1) is 6.26 Å². The van der Waals surface area contributed by atoms with Gasteiger partial charge in [-0.05, 0) is 43.6 Å². The molecule has 0 amide bonds. The van der Waals surface area contributed by atoms with E-state index < -0.39 is 10.0 Å². The largest absolute Gasteiger partial charge is 0.316 e. The van der Waals surface area contributed by atoms with Crippen molar-refractivity contribution in [2.75, 3.05) is 32.4 Å². The number of sulfonamides is 1. The Morgan fingerprint density at radius 1 is 1.37 bits per heavy atom.